The number of aryl methyl sites for hydroxylation is 2. The predicted octanol–water partition coefficient (Wildman–Crippen LogP) is -0.304. The molecule has 2 N–H and O–H groups in total. The zero-order valence-electron chi connectivity index (χ0n) is 15.7. The normalized spacial score (nSPS) is 20.9. The lowest BCUT2D eigenvalue weighted by molar-refractivity contribution is 0.0724. The van der Waals surface area contributed by atoms with Crippen molar-refractivity contribution in [3.8, 4) is 0 Å². The van der Waals surface area contributed by atoms with E-state index in [0.717, 1.165) is 11.3 Å². The minimum absolute atomic E-state index is 0.0703. The van der Waals surface area contributed by atoms with Crippen molar-refractivity contribution >= 4 is 15.9 Å². The fraction of sp³-hybridized carbons (Fsp3) is 0.750. The van der Waals surface area contributed by atoms with E-state index in [1.54, 1.807) is 16.6 Å². The van der Waals surface area contributed by atoms with Crippen LogP contribution in [0.25, 0.3) is 0 Å². The molecular weight excluding hydrogens is 374 g/mol. The highest BCUT2D eigenvalue weighted by molar-refractivity contribution is 7.91. The van der Waals surface area contributed by atoms with Crippen molar-refractivity contribution in [2.45, 2.75) is 43.4 Å². The minimum Gasteiger partial charge on any atom is -0.394 e. The number of carbonyl (C=O) groups excluding carboxylic acids is 1. The van der Waals surface area contributed by atoms with E-state index in [4.69, 9.17) is 0 Å². The third kappa shape index (κ3) is 3.39. The van der Waals surface area contributed by atoms with E-state index in [2.05, 4.69) is 15.0 Å². The number of fused-ring (bicyclic) bond motifs is 1. The SMILES string of the molecule is Cc1nn(C)c2c1CCN(CC1(S(=O)(=O)NC(C)(CO)CN=O)CC1)C2=O. The van der Waals surface area contributed by atoms with Crippen LogP contribution in [0.15, 0.2) is 5.18 Å². The molecule has 0 aromatic carbocycles. The van der Waals surface area contributed by atoms with E-state index in [1.807, 2.05) is 6.92 Å². The zero-order valence-corrected chi connectivity index (χ0v) is 16.5. The Kier molecular flexibility index (Phi) is 4.89. The Morgan fingerprint density at radius 1 is 1.41 bits per heavy atom. The number of nitrogens with zero attached hydrogens (tertiary/aromatic N) is 4. The molecule has 11 heteroatoms. The summed E-state index contributed by atoms with van der Waals surface area (Å²) in [6.45, 7) is 2.87. The average molecular weight is 399 g/mol. The summed E-state index contributed by atoms with van der Waals surface area (Å²) >= 11 is 0. The number of hydrogen-bond donors (Lipinski definition) is 2. The Morgan fingerprint density at radius 2 is 2.07 bits per heavy atom. The Balaban J connectivity index is 1.80. The molecule has 1 unspecified atom stereocenters. The fourth-order valence-electron chi connectivity index (χ4n) is 3.61. The molecule has 2 heterocycles. The van der Waals surface area contributed by atoms with Gasteiger partial charge in [0.1, 0.15) is 17.0 Å². The third-order valence-corrected chi connectivity index (χ3v) is 7.91. The number of hydrogen-bond acceptors (Lipinski definition) is 7. The highest BCUT2D eigenvalue weighted by Gasteiger charge is 2.57. The summed E-state index contributed by atoms with van der Waals surface area (Å²) in [7, 11) is -2.17. The van der Waals surface area contributed by atoms with E-state index in [1.165, 1.54) is 6.92 Å². The van der Waals surface area contributed by atoms with E-state index < -0.39 is 26.9 Å². The van der Waals surface area contributed by atoms with E-state index in [-0.39, 0.29) is 19.0 Å². The monoisotopic (exact) mass is 399 g/mol. The van der Waals surface area contributed by atoms with Gasteiger partial charge in [-0.1, -0.05) is 5.18 Å². The molecule has 27 heavy (non-hydrogen) atoms. The number of aliphatic hydroxyl groups excluding tert-OH is 1. The van der Waals surface area contributed by atoms with Gasteiger partial charge in [0.15, 0.2) is 0 Å². The second-order valence-corrected chi connectivity index (χ2v) is 9.88. The molecule has 0 radical (unpaired) electrons. The van der Waals surface area contributed by atoms with Crippen LogP contribution >= 0.6 is 0 Å². The topological polar surface area (TPSA) is 134 Å². The van der Waals surface area contributed by atoms with Gasteiger partial charge in [0.25, 0.3) is 5.91 Å². The number of aliphatic hydroxyl groups is 1. The number of nitroso groups, excluding NO2 is 1. The van der Waals surface area contributed by atoms with Crippen molar-refractivity contribution in [3.05, 3.63) is 21.9 Å². The van der Waals surface area contributed by atoms with Gasteiger partial charge < -0.3 is 10.0 Å². The maximum absolute atomic E-state index is 12.9. The van der Waals surface area contributed by atoms with E-state index >= 15 is 0 Å². The van der Waals surface area contributed by atoms with Gasteiger partial charge in [0.2, 0.25) is 10.0 Å². The number of sulfonamides is 1. The van der Waals surface area contributed by atoms with Gasteiger partial charge in [0.05, 0.1) is 17.8 Å². The van der Waals surface area contributed by atoms with Crippen molar-refractivity contribution < 1.29 is 18.3 Å². The van der Waals surface area contributed by atoms with Gasteiger partial charge >= 0.3 is 0 Å². The Bertz CT molecular complexity index is 876. The quantitative estimate of drug-likeness (QED) is 0.576. The summed E-state index contributed by atoms with van der Waals surface area (Å²) in [4.78, 5) is 25.0. The predicted molar refractivity (Wildman–Crippen MR) is 97.7 cm³/mol. The van der Waals surface area contributed by atoms with Gasteiger partial charge in [-0.25, -0.2) is 13.1 Å². The molecule has 1 fully saturated rings. The van der Waals surface area contributed by atoms with E-state index in [9.17, 15) is 23.2 Å². The summed E-state index contributed by atoms with van der Waals surface area (Å²) in [6, 6.07) is 0. The molecule has 0 saturated heterocycles. The van der Waals surface area contributed by atoms with Gasteiger partial charge in [0, 0.05) is 25.7 Å². The second kappa shape index (κ2) is 6.64. The van der Waals surface area contributed by atoms with Crippen molar-refractivity contribution in [2.75, 3.05) is 26.2 Å². The van der Waals surface area contributed by atoms with Gasteiger partial charge in [-0.15, -0.1) is 0 Å². The molecule has 0 bridgehead atoms. The van der Waals surface area contributed by atoms with Crippen LogP contribution in [-0.2, 0) is 23.5 Å². The first kappa shape index (κ1) is 19.9. The molecular formula is C16H25N5O5S. The van der Waals surface area contributed by atoms with Crippen LogP contribution in [0.5, 0.6) is 0 Å². The number of carbonyl (C=O) groups is 1. The first-order valence-corrected chi connectivity index (χ1v) is 10.3. The maximum atomic E-state index is 12.9. The molecule has 1 aliphatic carbocycles. The van der Waals surface area contributed by atoms with Crippen molar-refractivity contribution in [1.29, 1.82) is 0 Å². The van der Waals surface area contributed by atoms with Crippen LogP contribution in [0.3, 0.4) is 0 Å². The van der Waals surface area contributed by atoms with Crippen LogP contribution in [0.2, 0.25) is 0 Å². The lowest BCUT2D eigenvalue weighted by atomic mass is 10.0. The molecule has 1 saturated carbocycles. The number of aromatic nitrogens is 2. The fourth-order valence-corrected chi connectivity index (χ4v) is 5.57. The Morgan fingerprint density at radius 3 is 2.63 bits per heavy atom. The molecule has 1 amide bonds. The molecule has 0 spiro atoms. The van der Waals surface area contributed by atoms with Crippen LogP contribution in [0.4, 0.5) is 0 Å². The highest BCUT2D eigenvalue weighted by Crippen LogP contribution is 2.45. The largest absolute Gasteiger partial charge is 0.394 e. The maximum Gasteiger partial charge on any atom is 0.272 e. The number of rotatable bonds is 8. The summed E-state index contributed by atoms with van der Waals surface area (Å²) in [5.41, 5.74) is 0.879. The highest BCUT2D eigenvalue weighted by atomic mass is 32.2. The molecule has 150 valence electrons. The lowest BCUT2D eigenvalue weighted by Gasteiger charge is -2.33. The van der Waals surface area contributed by atoms with Gasteiger partial charge in [-0.05, 0) is 33.1 Å². The van der Waals surface area contributed by atoms with Crippen molar-refractivity contribution in [2.24, 2.45) is 12.2 Å². The van der Waals surface area contributed by atoms with Crippen LogP contribution in [0, 0.1) is 11.8 Å². The molecule has 2 aliphatic rings. The molecule has 1 aliphatic heterocycles. The Hall–Kier alpha value is -1.85. The van der Waals surface area contributed by atoms with Gasteiger partial charge in [-0.2, -0.15) is 10.0 Å². The van der Waals surface area contributed by atoms with Crippen LogP contribution in [0.1, 0.15) is 41.5 Å². The van der Waals surface area contributed by atoms with Crippen molar-refractivity contribution in [1.82, 2.24) is 19.4 Å². The Labute approximate surface area is 157 Å². The molecule has 1 aromatic rings. The minimum atomic E-state index is -3.87. The molecule has 3 rings (SSSR count). The number of amides is 1. The first-order valence-electron chi connectivity index (χ1n) is 8.83. The van der Waals surface area contributed by atoms with Crippen LogP contribution < -0.4 is 4.72 Å². The molecule has 1 aromatic heterocycles. The molecule has 1 atom stereocenters. The standard InChI is InChI=1S/C16H25N5O5S/c1-11-12-4-7-21(14(23)13(12)20(3)18-11)9-16(5-6-16)27(25,26)19-15(2,10-22)8-17-24/h19,22H,4-10H2,1-3H3. The summed E-state index contributed by atoms with van der Waals surface area (Å²) in [5, 5.41) is 16.5. The molecule has 10 nitrogen and oxygen atoms in total. The van der Waals surface area contributed by atoms with Crippen molar-refractivity contribution in [3.63, 3.8) is 0 Å². The zero-order chi connectivity index (χ0) is 20.0. The first-order chi connectivity index (χ1) is 12.6. The second-order valence-electron chi connectivity index (χ2n) is 7.81. The lowest BCUT2D eigenvalue weighted by Crippen LogP contribution is -2.57. The van der Waals surface area contributed by atoms with E-state index in [0.29, 0.717) is 31.5 Å². The average Bonchev–Trinajstić information content (AvgIpc) is 3.31. The van der Waals surface area contributed by atoms with Crippen LogP contribution in [-0.4, -0.2) is 70.6 Å². The number of nitrogens with one attached hydrogen (secondary N) is 1. The summed E-state index contributed by atoms with van der Waals surface area (Å²) < 4.78 is 28.8. The summed E-state index contributed by atoms with van der Waals surface area (Å²) in [5.74, 6) is -0.222. The smallest absolute Gasteiger partial charge is 0.272 e. The van der Waals surface area contributed by atoms with Gasteiger partial charge in [-0.3, -0.25) is 9.48 Å². The third-order valence-electron chi connectivity index (χ3n) is 5.47. The summed E-state index contributed by atoms with van der Waals surface area (Å²) in [6.07, 6.45) is 1.46.